The number of aliphatic hydroxyl groups is 3. The van der Waals surface area contributed by atoms with Crippen molar-refractivity contribution >= 4 is 23.1 Å². The number of carbonyl (C=O) groups is 4. The lowest BCUT2D eigenvalue weighted by atomic mass is 9.69. The molecule has 3 aromatic rings. The third-order valence-electron chi connectivity index (χ3n) is 8.69. The van der Waals surface area contributed by atoms with Gasteiger partial charge in [-0.2, -0.15) is 0 Å². The van der Waals surface area contributed by atoms with Crippen LogP contribution in [0.25, 0.3) is 11.1 Å². The molecule has 0 fully saturated rings. The first-order chi connectivity index (χ1) is 20.7. The van der Waals surface area contributed by atoms with E-state index in [1.807, 2.05) is 0 Å². The van der Waals surface area contributed by atoms with Crippen molar-refractivity contribution in [1.29, 1.82) is 0 Å². The third kappa shape index (κ3) is 3.62. The molecule has 226 valence electrons. The highest BCUT2D eigenvalue weighted by Gasteiger charge is 2.52. The first kappa shape index (κ1) is 29.1. The van der Waals surface area contributed by atoms with Crippen molar-refractivity contribution in [3.05, 3.63) is 74.4 Å². The van der Waals surface area contributed by atoms with Gasteiger partial charge in [-0.3, -0.25) is 19.2 Å². The number of phenols is 3. The van der Waals surface area contributed by atoms with Crippen LogP contribution in [0.1, 0.15) is 71.5 Å². The van der Waals surface area contributed by atoms with Crippen molar-refractivity contribution in [3.8, 4) is 39.9 Å². The zero-order chi connectivity index (χ0) is 32.2. The molecular formula is C32H26O12. The van der Waals surface area contributed by atoms with Crippen LogP contribution in [0.4, 0.5) is 0 Å². The number of hydrogen-bond acceptors (Lipinski definition) is 12. The fourth-order valence-corrected chi connectivity index (χ4v) is 6.27. The molecule has 12 nitrogen and oxygen atoms in total. The molecule has 0 amide bonds. The fourth-order valence-electron chi connectivity index (χ4n) is 6.27. The minimum Gasteiger partial charge on any atom is -0.508 e. The smallest absolute Gasteiger partial charge is 0.198 e. The van der Waals surface area contributed by atoms with Crippen molar-refractivity contribution < 1.29 is 59.3 Å². The van der Waals surface area contributed by atoms with E-state index in [1.165, 1.54) is 13.2 Å². The number of hydrogen-bond donors (Lipinski definition) is 6. The molecule has 6 N–H and O–H groups in total. The molecule has 0 aromatic heterocycles. The molecule has 0 saturated heterocycles. The number of fused-ring (bicyclic) bond motifs is 3. The summed E-state index contributed by atoms with van der Waals surface area (Å²) in [5, 5.41) is 64.4. The van der Waals surface area contributed by atoms with E-state index >= 15 is 0 Å². The van der Waals surface area contributed by atoms with E-state index in [4.69, 9.17) is 9.47 Å². The van der Waals surface area contributed by atoms with Gasteiger partial charge < -0.3 is 40.1 Å². The lowest BCUT2D eigenvalue weighted by molar-refractivity contribution is -0.126. The topological polar surface area (TPSA) is 208 Å². The first-order valence-electron chi connectivity index (χ1n) is 13.4. The van der Waals surface area contributed by atoms with Gasteiger partial charge in [0.1, 0.15) is 40.5 Å². The maximum atomic E-state index is 13.9. The standard InChI is InChI=1S/C32H26O12/c1-10-5-11-12(6-16(10)33)26(38)23-21(25(11)37)17(34)7-13(29(23)43-3)14-8-18(35)22-24(30(14)44-4)28(40)20-15(27(22)39)9-19(36)32(2,42)31(20)41/h5-8,19,31,33-36,41-42H,9H2,1-4H3/t19-,31+,32+/m1/s1. The summed E-state index contributed by atoms with van der Waals surface area (Å²) in [6, 6.07) is 4.61. The molecule has 3 aliphatic carbocycles. The van der Waals surface area contributed by atoms with Gasteiger partial charge in [0, 0.05) is 39.8 Å². The van der Waals surface area contributed by atoms with Crippen LogP contribution in [0.5, 0.6) is 28.7 Å². The van der Waals surface area contributed by atoms with Crippen molar-refractivity contribution in [2.24, 2.45) is 0 Å². The number of ketones is 4. The zero-order valence-corrected chi connectivity index (χ0v) is 23.8. The molecule has 0 radical (unpaired) electrons. The fraction of sp³-hybridized carbons (Fsp3) is 0.250. The van der Waals surface area contributed by atoms with Crippen LogP contribution in [0, 0.1) is 6.92 Å². The van der Waals surface area contributed by atoms with Gasteiger partial charge in [0.15, 0.2) is 23.1 Å². The Labute approximate surface area is 249 Å². The summed E-state index contributed by atoms with van der Waals surface area (Å²) in [4.78, 5) is 54.7. The highest BCUT2D eigenvalue weighted by atomic mass is 16.5. The molecule has 3 aromatic carbocycles. The predicted octanol–water partition coefficient (Wildman–Crippen LogP) is 2.12. The van der Waals surface area contributed by atoms with Crippen LogP contribution in [0.15, 0.2) is 35.4 Å². The molecule has 6 rings (SSSR count). The molecule has 0 spiro atoms. The minimum atomic E-state index is -2.18. The van der Waals surface area contributed by atoms with Gasteiger partial charge in [-0.1, -0.05) is 0 Å². The Kier molecular flexibility index (Phi) is 6.26. The van der Waals surface area contributed by atoms with E-state index < -0.39 is 75.6 Å². The molecule has 0 heterocycles. The first-order valence-corrected chi connectivity index (χ1v) is 13.4. The van der Waals surface area contributed by atoms with E-state index in [-0.39, 0.29) is 56.2 Å². The average Bonchev–Trinajstić information content (AvgIpc) is 2.97. The zero-order valence-electron chi connectivity index (χ0n) is 23.8. The summed E-state index contributed by atoms with van der Waals surface area (Å²) >= 11 is 0. The largest absolute Gasteiger partial charge is 0.508 e. The Balaban J connectivity index is 1.62. The van der Waals surface area contributed by atoms with Crippen LogP contribution >= 0.6 is 0 Å². The number of Topliss-reactive ketones (excluding diaryl/α,β-unsaturated/α-hetero) is 2. The number of aliphatic hydroxyl groups excluding tert-OH is 2. The molecule has 12 heteroatoms. The van der Waals surface area contributed by atoms with Crippen molar-refractivity contribution in [3.63, 3.8) is 0 Å². The number of aromatic hydroxyl groups is 3. The number of aryl methyl sites for hydroxylation is 1. The van der Waals surface area contributed by atoms with Crippen LogP contribution in [-0.4, -0.2) is 85.8 Å². The number of rotatable bonds is 3. The normalized spacial score (nSPS) is 22.3. The van der Waals surface area contributed by atoms with Gasteiger partial charge in [-0.25, -0.2) is 0 Å². The highest BCUT2D eigenvalue weighted by Crippen LogP contribution is 2.52. The second-order valence-corrected chi connectivity index (χ2v) is 11.2. The molecule has 0 aliphatic heterocycles. The second kappa shape index (κ2) is 9.48. The van der Waals surface area contributed by atoms with Gasteiger partial charge in [-0.15, -0.1) is 0 Å². The van der Waals surface area contributed by atoms with Crippen molar-refractivity contribution in [1.82, 2.24) is 0 Å². The van der Waals surface area contributed by atoms with E-state index in [9.17, 15) is 49.8 Å². The highest BCUT2D eigenvalue weighted by molar-refractivity contribution is 6.32. The van der Waals surface area contributed by atoms with Crippen LogP contribution in [0.2, 0.25) is 0 Å². The van der Waals surface area contributed by atoms with Gasteiger partial charge in [0.05, 0.1) is 42.6 Å². The molecule has 0 bridgehead atoms. The lowest BCUT2D eigenvalue weighted by Crippen LogP contribution is -2.56. The van der Waals surface area contributed by atoms with Crippen LogP contribution < -0.4 is 9.47 Å². The summed E-state index contributed by atoms with van der Waals surface area (Å²) in [6.45, 7) is 2.66. The maximum Gasteiger partial charge on any atom is 0.198 e. The Morgan fingerprint density at radius 2 is 1.14 bits per heavy atom. The Hall–Kier alpha value is -5.04. The summed E-state index contributed by atoms with van der Waals surface area (Å²) in [5.41, 5.74) is -4.63. The lowest BCUT2D eigenvalue weighted by Gasteiger charge is -2.41. The average molecular weight is 603 g/mol. The Morgan fingerprint density at radius 3 is 1.68 bits per heavy atom. The Bertz CT molecular complexity index is 1930. The van der Waals surface area contributed by atoms with Gasteiger partial charge >= 0.3 is 0 Å². The molecular weight excluding hydrogens is 576 g/mol. The number of ether oxygens (including phenoxy) is 2. The van der Waals surface area contributed by atoms with Crippen molar-refractivity contribution in [2.75, 3.05) is 14.2 Å². The summed E-state index contributed by atoms with van der Waals surface area (Å²) in [5.74, 6) is -5.41. The molecule has 3 aliphatic rings. The van der Waals surface area contributed by atoms with Gasteiger partial charge in [0.2, 0.25) is 0 Å². The van der Waals surface area contributed by atoms with Gasteiger partial charge in [0.25, 0.3) is 0 Å². The van der Waals surface area contributed by atoms with E-state index in [2.05, 4.69) is 0 Å². The number of benzene rings is 3. The molecule has 0 unspecified atom stereocenters. The summed E-state index contributed by atoms with van der Waals surface area (Å²) in [7, 11) is 2.36. The maximum absolute atomic E-state index is 13.9. The summed E-state index contributed by atoms with van der Waals surface area (Å²) in [6.07, 6.45) is -4.02. The predicted molar refractivity (Wildman–Crippen MR) is 151 cm³/mol. The SMILES string of the molecule is COc1c(-c2cc(O)c3c(c2OC)C(=O)c2cc(O)c(C)cc2C3=O)cc(O)c2c1C(=O)C1=C(C[C@@H](O)[C@](C)(O)[C@H]1O)C2=O. The van der Waals surface area contributed by atoms with E-state index in [1.54, 1.807) is 6.92 Å². The summed E-state index contributed by atoms with van der Waals surface area (Å²) < 4.78 is 11.1. The van der Waals surface area contributed by atoms with Crippen LogP contribution in [0.3, 0.4) is 0 Å². The number of methoxy groups -OCH3 is 2. The minimum absolute atomic E-state index is 0.0351. The number of carbonyl (C=O) groups excluding carboxylic acids is 4. The quantitative estimate of drug-likeness (QED) is 0.199. The van der Waals surface area contributed by atoms with E-state index in [0.717, 1.165) is 32.2 Å². The monoisotopic (exact) mass is 602 g/mol. The van der Waals surface area contributed by atoms with Crippen molar-refractivity contribution in [2.45, 2.75) is 38.1 Å². The number of phenolic OH excluding ortho intramolecular Hbond substituents is 3. The van der Waals surface area contributed by atoms with Crippen LogP contribution in [-0.2, 0) is 0 Å². The Morgan fingerprint density at radius 1 is 0.682 bits per heavy atom. The molecule has 3 atom stereocenters. The third-order valence-corrected chi connectivity index (χ3v) is 8.69. The molecule has 44 heavy (non-hydrogen) atoms. The van der Waals surface area contributed by atoms with E-state index in [0.29, 0.717) is 5.56 Å². The second-order valence-electron chi connectivity index (χ2n) is 11.2. The molecule has 0 saturated carbocycles. The van der Waals surface area contributed by atoms with Gasteiger partial charge in [-0.05, 0) is 43.7 Å².